The molecule has 3 heteroatoms. The molecule has 0 bridgehead atoms. The standard InChI is InChI=1S/C11H18N2O/c1-7(2)9(4)11(14)10-6-8(3)13(5)12-10/h6-7,9H,1-5H3. The fraction of sp³-hybridized carbons (Fsp3) is 0.636. The number of aryl methyl sites for hydroxylation is 2. The van der Waals surface area contributed by atoms with Gasteiger partial charge in [-0.05, 0) is 18.9 Å². The molecule has 0 fully saturated rings. The second-order valence-corrected chi connectivity index (χ2v) is 4.19. The highest BCUT2D eigenvalue weighted by Crippen LogP contribution is 2.16. The van der Waals surface area contributed by atoms with Crippen LogP contribution in [0, 0.1) is 18.8 Å². The van der Waals surface area contributed by atoms with Crippen LogP contribution in [0.4, 0.5) is 0 Å². The number of carbonyl (C=O) groups is 1. The van der Waals surface area contributed by atoms with E-state index in [2.05, 4.69) is 18.9 Å². The average molecular weight is 194 g/mol. The van der Waals surface area contributed by atoms with E-state index >= 15 is 0 Å². The summed E-state index contributed by atoms with van der Waals surface area (Å²) < 4.78 is 1.74. The van der Waals surface area contributed by atoms with E-state index in [1.165, 1.54) is 0 Å². The zero-order valence-electron chi connectivity index (χ0n) is 9.53. The van der Waals surface area contributed by atoms with E-state index in [0.717, 1.165) is 5.69 Å². The molecule has 1 atom stereocenters. The van der Waals surface area contributed by atoms with Crippen molar-refractivity contribution in [2.24, 2.45) is 18.9 Å². The van der Waals surface area contributed by atoms with Crippen LogP contribution in [0.25, 0.3) is 0 Å². The van der Waals surface area contributed by atoms with Gasteiger partial charge in [0.15, 0.2) is 5.78 Å². The quantitative estimate of drug-likeness (QED) is 0.691. The van der Waals surface area contributed by atoms with Crippen molar-refractivity contribution in [3.8, 4) is 0 Å². The Kier molecular flexibility index (Phi) is 3.09. The predicted molar refractivity (Wildman–Crippen MR) is 56.3 cm³/mol. The number of nitrogens with zero attached hydrogens (tertiary/aromatic N) is 2. The zero-order valence-corrected chi connectivity index (χ0v) is 9.53. The lowest BCUT2D eigenvalue weighted by Crippen LogP contribution is -2.17. The van der Waals surface area contributed by atoms with Gasteiger partial charge in [0.25, 0.3) is 0 Å². The SMILES string of the molecule is Cc1cc(C(=O)C(C)C(C)C)nn1C. The molecule has 1 rings (SSSR count). The molecule has 0 radical (unpaired) electrons. The maximum Gasteiger partial charge on any atom is 0.186 e. The first-order valence-electron chi connectivity index (χ1n) is 4.98. The van der Waals surface area contributed by atoms with Gasteiger partial charge < -0.3 is 0 Å². The van der Waals surface area contributed by atoms with Crippen LogP contribution in [0.1, 0.15) is 37.0 Å². The molecule has 3 nitrogen and oxygen atoms in total. The van der Waals surface area contributed by atoms with Gasteiger partial charge >= 0.3 is 0 Å². The van der Waals surface area contributed by atoms with Crippen LogP contribution in [0.2, 0.25) is 0 Å². The highest BCUT2D eigenvalue weighted by atomic mass is 16.1. The molecule has 0 aromatic carbocycles. The minimum Gasteiger partial charge on any atom is -0.292 e. The molecule has 14 heavy (non-hydrogen) atoms. The van der Waals surface area contributed by atoms with Gasteiger partial charge in [-0.3, -0.25) is 9.48 Å². The topological polar surface area (TPSA) is 34.9 Å². The largest absolute Gasteiger partial charge is 0.292 e. The first kappa shape index (κ1) is 11.0. The van der Waals surface area contributed by atoms with Crippen molar-refractivity contribution in [2.75, 3.05) is 0 Å². The molecule has 0 spiro atoms. The van der Waals surface area contributed by atoms with E-state index in [4.69, 9.17) is 0 Å². The van der Waals surface area contributed by atoms with Gasteiger partial charge in [0.2, 0.25) is 0 Å². The number of rotatable bonds is 3. The summed E-state index contributed by atoms with van der Waals surface area (Å²) >= 11 is 0. The van der Waals surface area contributed by atoms with E-state index in [9.17, 15) is 4.79 Å². The van der Waals surface area contributed by atoms with E-state index in [1.54, 1.807) is 4.68 Å². The van der Waals surface area contributed by atoms with E-state index in [1.807, 2.05) is 27.0 Å². The number of ketones is 1. The van der Waals surface area contributed by atoms with Crippen LogP contribution in [0.5, 0.6) is 0 Å². The fourth-order valence-corrected chi connectivity index (χ4v) is 1.22. The first-order chi connectivity index (χ1) is 6.43. The van der Waals surface area contributed by atoms with Gasteiger partial charge in [-0.15, -0.1) is 0 Å². The van der Waals surface area contributed by atoms with Crippen molar-refractivity contribution in [1.82, 2.24) is 9.78 Å². The van der Waals surface area contributed by atoms with Crippen molar-refractivity contribution in [3.05, 3.63) is 17.5 Å². The highest BCUT2D eigenvalue weighted by molar-refractivity contribution is 5.96. The summed E-state index contributed by atoms with van der Waals surface area (Å²) in [5.41, 5.74) is 1.61. The Labute approximate surface area is 85.1 Å². The Bertz CT molecular complexity index is 320. The smallest absolute Gasteiger partial charge is 0.186 e. The zero-order chi connectivity index (χ0) is 10.9. The molecule has 0 aliphatic heterocycles. The van der Waals surface area contributed by atoms with Crippen molar-refractivity contribution >= 4 is 5.78 Å². The Morgan fingerprint density at radius 2 is 2.00 bits per heavy atom. The van der Waals surface area contributed by atoms with Crippen LogP contribution in [0.3, 0.4) is 0 Å². The molecule has 1 aromatic heterocycles. The van der Waals surface area contributed by atoms with Crippen LogP contribution in [0.15, 0.2) is 6.07 Å². The summed E-state index contributed by atoms with van der Waals surface area (Å²) in [6, 6.07) is 1.85. The average Bonchev–Trinajstić information content (AvgIpc) is 2.44. The lowest BCUT2D eigenvalue weighted by atomic mass is 9.92. The fourth-order valence-electron chi connectivity index (χ4n) is 1.22. The van der Waals surface area contributed by atoms with E-state index < -0.39 is 0 Å². The molecule has 0 saturated heterocycles. The summed E-state index contributed by atoms with van der Waals surface area (Å²) in [5, 5.41) is 4.18. The van der Waals surface area contributed by atoms with Gasteiger partial charge in [0, 0.05) is 18.7 Å². The summed E-state index contributed by atoms with van der Waals surface area (Å²) in [5.74, 6) is 0.554. The molecular formula is C11H18N2O. The van der Waals surface area contributed by atoms with Crippen LogP contribution < -0.4 is 0 Å². The second-order valence-electron chi connectivity index (χ2n) is 4.19. The van der Waals surface area contributed by atoms with Gasteiger partial charge in [-0.2, -0.15) is 5.10 Å². The molecule has 1 aromatic rings. The maximum absolute atomic E-state index is 11.9. The van der Waals surface area contributed by atoms with Gasteiger partial charge in [-0.25, -0.2) is 0 Å². The third-order valence-corrected chi connectivity index (χ3v) is 2.78. The normalized spacial score (nSPS) is 13.3. The van der Waals surface area contributed by atoms with E-state index in [0.29, 0.717) is 11.6 Å². The van der Waals surface area contributed by atoms with Crippen molar-refractivity contribution in [1.29, 1.82) is 0 Å². The minimum atomic E-state index is 0.0456. The third kappa shape index (κ3) is 2.03. The van der Waals surface area contributed by atoms with Gasteiger partial charge in [0.05, 0.1) is 0 Å². The third-order valence-electron chi connectivity index (χ3n) is 2.78. The lowest BCUT2D eigenvalue weighted by molar-refractivity contribution is 0.0894. The number of carbonyl (C=O) groups excluding carboxylic acids is 1. The Balaban J connectivity index is 2.90. The molecule has 1 heterocycles. The number of Topliss-reactive ketones (excluding diaryl/α,β-unsaturated/α-hetero) is 1. The number of hydrogen-bond acceptors (Lipinski definition) is 2. The Morgan fingerprint density at radius 1 is 1.43 bits per heavy atom. The molecule has 0 saturated carbocycles. The number of hydrogen-bond donors (Lipinski definition) is 0. The summed E-state index contributed by atoms with van der Waals surface area (Å²) in [6.45, 7) is 8.01. The van der Waals surface area contributed by atoms with Crippen LogP contribution >= 0.6 is 0 Å². The Morgan fingerprint density at radius 3 is 2.36 bits per heavy atom. The lowest BCUT2D eigenvalue weighted by Gasteiger charge is -2.11. The highest BCUT2D eigenvalue weighted by Gasteiger charge is 2.20. The van der Waals surface area contributed by atoms with Crippen molar-refractivity contribution < 1.29 is 4.79 Å². The summed E-state index contributed by atoms with van der Waals surface area (Å²) in [7, 11) is 1.85. The van der Waals surface area contributed by atoms with E-state index in [-0.39, 0.29) is 11.7 Å². The van der Waals surface area contributed by atoms with Crippen LogP contribution in [-0.4, -0.2) is 15.6 Å². The Hall–Kier alpha value is -1.12. The molecule has 0 N–H and O–H groups in total. The minimum absolute atomic E-state index is 0.0456. The molecule has 1 unspecified atom stereocenters. The molecular weight excluding hydrogens is 176 g/mol. The molecule has 0 amide bonds. The van der Waals surface area contributed by atoms with Crippen molar-refractivity contribution in [2.45, 2.75) is 27.7 Å². The number of aromatic nitrogens is 2. The molecule has 78 valence electrons. The summed E-state index contributed by atoms with van der Waals surface area (Å²) in [4.78, 5) is 11.9. The summed E-state index contributed by atoms with van der Waals surface area (Å²) in [6.07, 6.45) is 0. The van der Waals surface area contributed by atoms with Gasteiger partial charge in [0.1, 0.15) is 5.69 Å². The molecule has 0 aliphatic rings. The second kappa shape index (κ2) is 3.95. The van der Waals surface area contributed by atoms with Crippen molar-refractivity contribution in [3.63, 3.8) is 0 Å². The first-order valence-corrected chi connectivity index (χ1v) is 4.98. The van der Waals surface area contributed by atoms with Gasteiger partial charge in [-0.1, -0.05) is 20.8 Å². The molecule has 0 aliphatic carbocycles. The monoisotopic (exact) mass is 194 g/mol. The predicted octanol–water partition coefficient (Wildman–Crippen LogP) is 2.20. The maximum atomic E-state index is 11.9. The van der Waals surface area contributed by atoms with Crippen LogP contribution in [-0.2, 0) is 7.05 Å².